The number of ether oxygens (including phenoxy) is 1. The van der Waals surface area contributed by atoms with Crippen LogP contribution in [0.4, 0.5) is 0 Å². The largest absolute Gasteiger partial charge is 0.481 e. The highest BCUT2D eigenvalue weighted by Crippen LogP contribution is 2.22. The molecule has 0 saturated carbocycles. The predicted octanol–water partition coefficient (Wildman–Crippen LogP) is 4.56. The third-order valence-corrected chi connectivity index (χ3v) is 4.38. The number of amides is 1. The van der Waals surface area contributed by atoms with Crippen LogP contribution in [0.15, 0.2) is 36.4 Å². The zero-order chi connectivity index (χ0) is 17.9. The van der Waals surface area contributed by atoms with Crippen molar-refractivity contribution in [2.45, 2.75) is 53.7 Å². The van der Waals surface area contributed by atoms with E-state index in [2.05, 4.69) is 38.2 Å². The quantitative estimate of drug-likeness (QED) is 0.875. The van der Waals surface area contributed by atoms with E-state index in [1.54, 1.807) is 6.92 Å². The van der Waals surface area contributed by atoms with Gasteiger partial charge in [-0.1, -0.05) is 24.3 Å². The van der Waals surface area contributed by atoms with Crippen LogP contribution in [-0.2, 0) is 4.79 Å². The molecule has 1 amide bonds. The minimum absolute atomic E-state index is 0.0552. The Morgan fingerprint density at radius 1 is 0.958 bits per heavy atom. The van der Waals surface area contributed by atoms with Gasteiger partial charge in [-0.05, 0) is 81.5 Å². The van der Waals surface area contributed by atoms with Gasteiger partial charge in [-0.2, -0.15) is 0 Å². The number of hydrogen-bond donors (Lipinski definition) is 1. The van der Waals surface area contributed by atoms with Gasteiger partial charge in [0, 0.05) is 0 Å². The zero-order valence-electron chi connectivity index (χ0n) is 15.4. The van der Waals surface area contributed by atoms with Crippen LogP contribution in [0.1, 0.15) is 47.7 Å². The first-order chi connectivity index (χ1) is 11.3. The fourth-order valence-corrected chi connectivity index (χ4v) is 2.80. The Hall–Kier alpha value is -2.29. The maximum absolute atomic E-state index is 12.4. The fourth-order valence-electron chi connectivity index (χ4n) is 2.80. The molecule has 0 aliphatic carbocycles. The monoisotopic (exact) mass is 325 g/mol. The predicted molar refractivity (Wildman–Crippen MR) is 98.5 cm³/mol. The van der Waals surface area contributed by atoms with E-state index >= 15 is 0 Å². The molecular formula is C21H27NO2. The van der Waals surface area contributed by atoms with Crippen molar-refractivity contribution in [2.75, 3.05) is 0 Å². The van der Waals surface area contributed by atoms with Gasteiger partial charge in [0.05, 0.1) is 6.04 Å². The second-order valence-electron chi connectivity index (χ2n) is 6.60. The highest BCUT2D eigenvalue weighted by molar-refractivity contribution is 5.81. The van der Waals surface area contributed by atoms with Gasteiger partial charge in [0.1, 0.15) is 5.75 Å². The molecule has 0 spiro atoms. The number of benzene rings is 2. The maximum Gasteiger partial charge on any atom is 0.261 e. The molecule has 2 aromatic rings. The first kappa shape index (κ1) is 18.1. The van der Waals surface area contributed by atoms with Crippen molar-refractivity contribution in [1.29, 1.82) is 0 Å². The number of hydrogen-bond acceptors (Lipinski definition) is 2. The molecule has 128 valence electrons. The number of carbonyl (C=O) groups excluding carboxylic acids is 1. The molecule has 2 rings (SSSR count). The van der Waals surface area contributed by atoms with E-state index < -0.39 is 6.10 Å². The lowest BCUT2D eigenvalue weighted by Crippen LogP contribution is -2.38. The molecule has 2 atom stereocenters. The van der Waals surface area contributed by atoms with Crippen LogP contribution in [0.5, 0.6) is 5.75 Å². The molecule has 2 unspecified atom stereocenters. The molecule has 0 aliphatic heterocycles. The number of aryl methyl sites for hydroxylation is 4. The first-order valence-corrected chi connectivity index (χ1v) is 8.39. The summed E-state index contributed by atoms with van der Waals surface area (Å²) in [5.41, 5.74) is 5.96. The summed E-state index contributed by atoms with van der Waals surface area (Å²) in [5, 5.41) is 3.05. The van der Waals surface area contributed by atoms with E-state index in [-0.39, 0.29) is 11.9 Å². The molecule has 0 aromatic heterocycles. The van der Waals surface area contributed by atoms with E-state index in [0.29, 0.717) is 5.75 Å². The van der Waals surface area contributed by atoms with Crippen LogP contribution in [-0.4, -0.2) is 12.0 Å². The molecule has 0 saturated heterocycles. The van der Waals surface area contributed by atoms with E-state index in [9.17, 15) is 4.79 Å². The fraction of sp³-hybridized carbons (Fsp3) is 0.381. The van der Waals surface area contributed by atoms with Gasteiger partial charge in [-0.15, -0.1) is 0 Å². The van der Waals surface area contributed by atoms with Gasteiger partial charge >= 0.3 is 0 Å². The Bertz CT molecular complexity index is 737. The van der Waals surface area contributed by atoms with Crippen LogP contribution < -0.4 is 10.1 Å². The summed E-state index contributed by atoms with van der Waals surface area (Å²) in [6.45, 7) is 12.1. The van der Waals surface area contributed by atoms with Gasteiger partial charge in [-0.3, -0.25) is 4.79 Å². The van der Waals surface area contributed by atoms with Gasteiger partial charge < -0.3 is 10.1 Å². The van der Waals surface area contributed by atoms with Crippen molar-refractivity contribution < 1.29 is 9.53 Å². The third kappa shape index (κ3) is 4.38. The van der Waals surface area contributed by atoms with Crippen LogP contribution in [0.3, 0.4) is 0 Å². The van der Waals surface area contributed by atoms with Crippen molar-refractivity contribution >= 4 is 5.91 Å². The Morgan fingerprint density at radius 2 is 1.62 bits per heavy atom. The second-order valence-corrected chi connectivity index (χ2v) is 6.60. The van der Waals surface area contributed by atoms with Crippen molar-refractivity contribution in [3.05, 3.63) is 64.2 Å². The Balaban J connectivity index is 2.04. The van der Waals surface area contributed by atoms with E-state index in [4.69, 9.17) is 4.74 Å². The van der Waals surface area contributed by atoms with Crippen LogP contribution >= 0.6 is 0 Å². The molecule has 2 aromatic carbocycles. The molecule has 0 fully saturated rings. The molecule has 0 radical (unpaired) electrons. The van der Waals surface area contributed by atoms with Crippen LogP contribution in [0, 0.1) is 27.7 Å². The topological polar surface area (TPSA) is 38.3 Å². The number of carbonyl (C=O) groups is 1. The van der Waals surface area contributed by atoms with Gasteiger partial charge in [0.15, 0.2) is 6.10 Å². The summed E-state index contributed by atoms with van der Waals surface area (Å²) >= 11 is 0. The van der Waals surface area contributed by atoms with Crippen molar-refractivity contribution in [3.8, 4) is 5.75 Å². The Kier molecular flexibility index (Phi) is 5.66. The molecule has 3 nitrogen and oxygen atoms in total. The summed E-state index contributed by atoms with van der Waals surface area (Å²) in [6, 6.07) is 12.0. The average Bonchev–Trinajstić information content (AvgIpc) is 2.50. The molecular weight excluding hydrogens is 298 g/mol. The zero-order valence-corrected chi connectivity index (χ0v) is 15.4. The highest BCUT2D eigenvalue weighted by Gasteiger charge is 2.19. The molecule has 3 heteroatoms. The molecule has 24 heavy (non-hydrogen) atoms. The number of nitrogens with one attached hydrogen (secondary N) is 1. The summed E-state index contributed by atoms with van der Waals surface area (Å²) in [4.78, 5) is 12.4. The van der Waals surface area contributed by atoms with Gasteiger partial charge in [0.25, 0.3) is 5.91 Å². The lowest BCUT2D eigenvalue weighted by Gasteiger charge is -2.21. The highest BCUT2D eigenvalue weighted by atomic mass is 16.5. The summed E-state index contributed by atoms with van der Waals surface area (Å²) in [7, 11) is 0. The second kappa shape index (κ2) is 7.52. The van der Waals surface area contributed by atoms with Crippen LogP contribution in [0.2, 0.25) is 0 Å². The lowest BCUT2D eigenvalue weighted by molar-refractivity contribution is -0.127. The summed E-state index contributed by atoms with van der Waals surface area (Å²) < 4.78 is 5.75. The first-order valence-electron chi connectivity index (χ1n) is 8.39. The minimum Gasteiger partial charge on any atom is -0.481 e. The smallest absolute Gasteiger partial charge is 0.261 e. The standard InChI is InChI=1S/C21H27NO2/c1-13-8-7-9-19(10-13)24-18(6)21(23)22-17(5)20-12-15(3)14(2)11-16(20)4/h7-12,17-18H,1-6H3,(H,22,23). The van der Waals surface area contributed by atoms with E-state index in [0.717, 1.165) is 11.1 Å². The van der Waals surface area contributed by atoms with Gasteiger partial charge in [-0.25, -0.2) is 0 Å². The SMILES string of the molecule is Cc1cccc(OC(C)C(=O)NC(C)c2cc(C)c(C)cc2C)c1. The average molecular weight is 325 g/mol. The van der Waals surface area contributed by atoms with Crippen molar-refractivity contribution in [2.24, 2.45) is 0 Å². The summed E-state index contributed by atoms with van der Waals surface area (Å²) in [6.07, 6.45) is -0.541. The van der Waals surface area contributed by atoms with E-state index in [1.807, 2.05) is 38.1 Å². The lowest BCUT2D eigenvalue weighted by atomic mass is 9.96. The Labute approximate surface area is 145 Å². The third-order valence-electron chi connectivity index (χ3n) is 4.38. The number of rotatable bonds is 5. The molecule has 1 N–H and O–H groups in total. The Morgan fingerprint density at radius 3 is 2.29 bits per heavy atom. The van der Waals surface area contributed by atoms with Gasteiger partial charge in [0.2, 0.25) is 0 Å². The molecule has 0 aliphatic rings. The van der Waals surface area contributed by atoms with Crippen molar-refractivity contribution in [1.82, 2.24) is 5.32 Å². The van der Waals surface area contributed by atoms with E-state index in [1.165, 1.54) is 16.7 Å². The van der Waals surface area contributed by atoms with Crippen molar-refractivity contribution in [3.63, 3.8) is 0 Å². The minimum atomic E-state index is -0.541. The normalized spacial score (nSPS) is 13.2. The van der Waals surface area contributed by atoms with Crippen LogP contribution in [0.25, 0.3) is 0 Å². The summed E-state index contributed by atoms with van der Waals surface area (Å²) in [5.74, 6) is 0.606. The molecule has 0 heterocycles. The molecule has 0 bridgehead atoms. The maximum atomic E-state index is 12.4.